The molecular formula is C24H23N3O3. The molecule has 2 N–H and O–H groups in total. The van der Waals surface area contributed by atoms with Crippen LogP contribution in [0.15, 0.2) is 67.0 Å². The number of pyridine rings is 1. The van der Waals surface area contributed by atoms with E-state index in [2.05, 4.69) is 4.98 Å². The van der Waals surface area contributed by atoms with Crippen LogP contribution in [-0.4, -0.2) is 36.6 Å². The predicted octanol–water partition coefficient (Wildman–Crippen LogP) is 2.99. The van der Waals surface area contributed by atoms with Gasteiger partial charge in [0.05, 0.1) is 18.7 Å². The number of methoxy groups -OCH3 is 1. The molecule has 6 nitrogen and oxygen atoms in total. The van der Waals surface area contributed by atoms with E-state index in [-0.39, 0.29) is 5.91 Å². The number of carbonyl (C=O) groups excluding carboxylic acids is 2. The Hall–Kier alpha value is -3.51. The van der Waals surface area contributed by atoms with Gasteiger partial charge in [0.25, 0.3) is 0 Å². The third kappa shape index (κ3) is 3.82. The zero-order valence-corrected chi connectivity index (χ0v) is 16.7. The van der Waals surface area contributed by atoms with E-state index >= 15 is 0 Å². The first kappa shape index (κ1) is 19.8. The van der Waals surface area contributed by atoms with Gasteiger partial charge in [0, 0.05) is 24.6 Å². The van der Waals surface area contributed by atoms with Crippen LogP contribution in [0.1, 0.15) is 21.5 Å². The second kappa shape index (κ2) is 8.47. The van der Waals surface area contributed by atoms with Gasteiger partial charge < -0.3 is 15.4 Å². The molecule has 1 aliphatic rings. The predicted molar refractivity (Wildman–Crippen MR) is 115 cm³/mol. The number of ether oxygens (including phenoxy) is 1. The van der Waals surface area contributed by atoms with E-state index in [1.54, 1.807) is 17.3 Å². The minimum Gasteiger partial charge on any atom is -0.465 e. The van der Waals surface area contributed by atoms with E-state index in [0.29, 0.717) is 24.9 Å². The summed E-state index contributed by atoms with van der Waals surface area (Å²) in [7, 11) is 1.36. The molecule has 0 unspecified atom stereocenters. The number of fused-ring (bicyclic) bond motifs is 1. The summed E-state index contributed by atoms with van der Waals surface area (Å²) in [6.45, 7) is 0.487. The summed E-state index contributed by atoms with van der Waals surface area (Å²) in [6, 6.07) is 16.5. The molecule has 0 radical (unpaired) electrons. The Kier molecular flexibility index (Phi) is 5.59. The van der Waals surface area contributed by atoms with Crippen LogP contribution in [0, 0.1) is 0 Å². The van der Waals surface area contributed by atoms with Crippen LogP contribution in [0.25, 0.3) is 11.1 Å². The minimum atomic E-state index is -0.662. The number of hydrogen-bond donors (Lipinski definition) is 1. The number of amides is 1. The Bertz CT molecular complexity index is 1070. The number of nitrogens with two attached hydrogens (primary N) is 1. The molecule has 4 rings (SSSR count). The maximum absolute atomic E-state index is 13.2. The number of rotatable bonds is 5. The molecule has 1 amide bonds. The molecule has 152 valence electrons. The normalized spacial score (nSPS) is 13.6. The number of esters is 1. The molecule has 0 bridgehead atoms. The highest BCUT2D eigenvalue weighted by molar-refractivity contribution is 6.03. The number of aromatic nitrogens is 1. The fourth-order valence-electron chi connectivity index (χ4n) is 3.89. The minimum absolute atomic E-state index is 0.153. The first-order valence-electron chi connectivity index (χ1n) is 9.85. The van der Waals surface area contributed by atoms with Gasteiger partial charge in [-0.25, -0.2) is 4.79 Å². The lowest BCUT2D eigenvalue weighted by molar-refractivity contribution is -0.119. The highest BCUT2D eigenvalue weighted by Gasteiger charge is 2.32. The summed E-state index contributed by atoms with van der Waals surface area (Å²) in [6.07, 6.45) is 4.43. The summed E-state index contributed by atoms with van der Waals surface area (Å²) in [4.78, 5) is 31.4. The van der Waals surface area contributed by atoms with E-state index in [9.17, 15) is 9.59 Å². The van der Waals surface area contributed by atoms with Crippen molar-refractivity contribution in [3.8, 4) is 11.1 Å². The van der Waals surface area contributed by atoms with Crippen LogP contribution in [0.3, 0.4) is 0 Å². The molecule has 6 heteroatoms. The molecule has 2 heterocycles. The Morgan fingerprint density at radius 1 is 1.10 bits per heavy atom. The van der Waals surface area contributed by atoms with Crippen LogP contribution < -0.4 is 10.6 Å². The second-order valence-electron chi connectivity index (χ2n) is 7.29. The van der Waals surface area contributed by atoms with Gasteiger partial charge in [0.2, 0.25) is 5.91 Å². The van der Waals surface area contributed by atoms with Crippen LogP contribution in [-0.2, 0) is 22.4 Å². The maximum Gasteiger partial charge on any atom is 0.338 e. The molecule has 2 aromatic carbocycles. The van der Waals surface area contributed by atoms with Crippen LogP contribution in [0.5, 0.6) is 0 Å². The van der Waals surface area contributed by atoms with Gasteiger partial charge in [-0.15, -0.1) is 0 Å². The second-order valence-corrected chi connectivity index (χ2v) is 7.29. The topological polar surface area (TPSA) is 85.5 Å². The SMILES string of the molecule is COC(=O)c1cc(-c2ccncc2)cc2c1CCN2C(=O)[C@H](N)Cc1ccccc1. The number of carbonyl (C=O) groups is 2. The molecule has 0 fully saturated rings. The molecule has 3 aromatic rings. The average Bonchev–Trinajstić information content (AvgIpc) is 3.22. The van der Waals surface area contributed by atoms with Crippen molar-refractivity contribution < 1.29 is 14.3 Å². The third-order valence-electron chi connectivity index (χ3n) is 5.40. The van der Waals surface area contributed by atoms with Crippen molar-refractivity contribution in [2.75, 3.05) is 18.6 Å². The molecule has 0 saturated carbocycles. The van der Waals surface area contributed by atoms with Gasteiger partial charge in [-0.05, 0) is 59.4 Å². The fraction of sp³-hybridized carbons (Fsp3) is 0.208. The van der Waals surface area contributed by atoms with Gasteiger partial charge in [-0.3, -0.25) is 9.78 Å². The lowest BCUT2D eigenvalue weighted by atomic mass is 9.97. The molecule has 1 atom stereocenters. The van der Waals surface area contributed by atoms with Gasteiger partial charge in [-0.2, -0.15) is 0 Å². The molecular weight excluding hydrogens is 378 g/mol. The maximum atomic E-state index is 13.2. The Labute approximate surface area is 175 Å². The smallest absolute Gasteiger partial charge is 0.338 e. The van der Waals surface area contributed by atoms with Crippen molar-refractivity contribution in [3.05, 3.63) is 83.7 Å². The monoisotopic (exact) mass is 401 g/mol. The number of anilines is 1. The zero-order valence-electron chi connectivity index (χ0n) is 16.7. The third-order valence-corrected chi connectivity index (χ3v) is 5.40. The first-order valence-corrected chi connectivity index (χ1v) is 9.85. The Morgan fingerprint density at radius 2 is 1.83 bits per heavy atom. The molecule has 0 aliphatic carbocycles. The van der Waals surface area contributed by atoms with Crippen LogP contribution in [0.4, 0.5) is 5.69 Å². The van der Waals surface area contributed by atoms with Crippen molar-refractivity contribution >= 4 is 17.6 Å². The average molecular weight is 401 g/mol. The van der Waals surface area contributed by atoms with Crippen molar-refractivity contribution in [2.24, 2.45) is 5.73 Å². The summed E-state index contributed by atoms with van der Waals surface area (Å²) in [5, 5.41) is 0. The Balaban J connectivity index is 1.70. The van der Waals surface area contributed by atoms with Crippen molar-refractivity contribution in [1.29, 1.82) is 0 Å². The summed E-state index contributed by atoms with van der Waals surface area (Å²) in [5.41, 5.74) is 11.0. The van der Waals surface area contributed by atoms with E-state index < -0.39 is 12.0 Å². The molecule has 0 spiro atoms. The number of hydrogen-bond acceptors (Lipinski definition) is 5. The summed E-state index contributed by atoms with van der Waals surface area (Å²) >= 11 is 0. The summed E-state index contributed by atoms with van der Waals surface area (Å²) < 4.78 is 5.00. The standard InChI is InChI=1S/C24H23N3O3/c1-30-24(29)20-14-18(17-7-10-26-11-8-17)15-22-19(20)9-12-27(22)23(28)21(25)13-16-5-3-2-4-6-16/h2-8,10-11,14-15,21H,9,12-13,25H2,1H3/t21-/m1/s1. The van der Waals surface area contributed by atoms with E-state index in [1.807, 2.05) is 54.6 Å². The lowest BCUT2D eigenvalue weighted by Gasteiger charge is -2.22. The highest BCUT2D eigenvalue weighted by atomic mass is 16.5. The van der Waals surface area contributed by atoms with Crippen molar-refractivity contribution in [2.45, 2.75) is 18.9 Å². The lowest BCUT2D eigenvalue weighted by Crippen LogP contribution is -2.44. The van der Waals surface area contributed by atoms with E-state index in [0.717, 1.165) is 27.9 Å². The largest absolute Gasteiger partial charge is 0.465 e. The number of nitrogens with zero attached hydrogens (tertiary/aromatic N) is 2. The molecule has 1 aliphatic heterocycles. The van der Waals surface area contributed by atoms with E-state index in [1.165, 1.54) is 7.11 Å². The van der Waals surface area contributed by atoms with Gasteiger partial charge in [-0.1, -0.05) is 30.3 Å². The van der Waals surface area contributed by atoms with Gasteiger partial charge >= 0.3 is 5.97 Å². The molecule has 1 aromatic heterocycles. The van der Waals surface area contributed by atoms with Gasteiger partial charge in [0.1, 0.15) is 0 Å². The first-order chi connectivity index (χ1) is 14.6. The van der Waals surface area contributed by atoms with E-state index in [4.69, 9.17) is 10.5 Å². The van der Waals surface area contributed by atoms with Crippen LogP contribution in [0.2, 0.25) is 0 Å². The molecule has 30 heavy (non-hydrogen) atoms. The molecule has 0 saturated heterocycles. The zero-order chi connectivity index (χ0) is 21.1. The van der Waals surface area contributed by atoms with Crippen molar-refractivity contribution in [3.63, 3.8) is 0 Å². The van der Waals surface area contributed by atoms with Crippen LogP contribution >= 0.6 is 0 Å². The quantitative estimate of drug-likeness (QED) is 0.665. The Morgan fingerprint density at radius 3 is 2.53 bits per heavy atom. The van der Waals surface area contributed by atoms with Gasteiger partial charge in [0.15, 0.2) is 0 Å². The summed E-state index contributed by atoms with van der Waals surface area (Å²) in [5.74, 6) is -0.565. The van der Waals surface area contributed by atoms with Crippen molar-refractivity contribution in [1.82, 2.24) is 4.98 Å². The number of benzene rings is 2. The fourth-order valence-corrected chi connectivity index (χ4v) is 3.89. The highest BCUT2D eigenvalue weighted by Crippen LogP contribution is 2.36.